The van der Waals surface area contributed by atoms with Crippen molar-refractivity contribution in [2.24, 2.45) is 0 Å². The molecule has 172 valence electrons. The number of carbonyl (C=O) groups excluding carboxylic acids is 1. The Labute approximate surface area is 189 Å². The van der Waals surface area contributed by atoms with Gasteiger partial charge in [0.15, 0.2) is 0 Å². The first kappa shape index (κ1) is 22.8. The Balaban J connectivity index is 1.58. The number of rotatable bonds is 6. The number of anilines is 2. The molecule has 1 saturated heterocycles. The molecule has 1 fully saturated rings. The Morgan fingerprint density at radius 2 is 1.53 bits per heavy atom. The molecule has 0 saturated carbocycles. The van der Waals surface area contributed by atoms with Crippen molar-refractivity contribution in [1.82, 2.24) is 4.31 Å². The second-order valence-electron chi connectivity index (χ2n) is 8.01. The summed E-state index contributed by atoms with van der Waals surface area (Å²) < 4.78 is 55.3. The fourth-order valence-electron chi connectivity index (χ4n) is 4.10. The van der Waals surface area contributed by atoms with E-state index >= 15 is 0 Å². The average Bonchev–Trinajstić information content (AvgIpc) is 3.24. The number of nitrogens with one attached hydrogen (secondary N) is 1. The third-order valence-electron chi connectivity index (χ3n) is 5.90. The fourth-order valence-corrected chi connectivity index (χ4v) is 7.17. The molecule has 1 amide bonds. The minimum atomic E-state index is -3.81. The number of nitrogens with zero attached hydrogens (tertiary/aromatic N) is 2. The van der Waals surface area contributed by atoms with Gasteiger partial charge in [-0.1, -0.05) is 13.3 Å². The normalized spacial score (nSPS) is 17.2. The molecule has 10 heteroatoms. The second-order valence-corrected chi connectivity index (χ2v) is 11.8. The van der Waals surface area contributed by atoms with Crippen molar-refractivity contribution >= 4 is 37.3 Å². The van der Waals surface area contributed by atoms with Crippen LogP contribution in [0.15, 0.2) is 52.3 Å². The van der Waals surface area contributed by atoms with Crippen molar-refractivity contribution in [3.05, 3.63) is 48.0 Å². The number of piperidine rings is 1. The summed E-state index contributed by atoms with van der Waals surface area (Å²) in [4.78, 5) is 11.9. The molecule has 0 aromatic heterocycles. The van der Waals surface area contributed by atoms with E-state index in [-0.39, 0.29) is 22.2 Å². The molecule has 0 radical (unpaired) electrons. The monoisotopic (exact) mass is 477 g/mol. The molecule has 0 bridgehead atoms. The number of carbonyl (C=O) groups is 1. The highest BCUT2D eigenvalue weighted by Gasteiger charge is 2.33. The van der Waals surface area contributed by atoms with Gasteiger partial charge in [0, 0.05) is 31.7 Å². The van der Waals surface area contributed by atoms with E-state index in [0.29, 0.717) is 42.9 Å². The van der Waals surface area contributed by atoms with Gasteiger partial charge in [-0.05, 0) is 67.3 Å². The summed E-state index contributed by atoms with van der Waals surface area (Å²) in [5.41, 5.74) is 1.75. The van der Waals surface area contributed by atoms with Crippen LogP contribution in [0.2, 0.25) is 0 Å². The topological polar surface area (TPSA) is 104 Å². The van der Waals surface area contributed by atoms with Crippen molar-refractivity contribution < 1.29 is 21.6 Å². The molecule has 1 N–H and O–H groups in total. The van der Waals surface area contributed by atoms with Crippen molar-refractivity contribution in [2.75, 3.05) is 29.3 Å². The molecule has 0 unspecified atom stereocenters. The van der Waals surface area contributed by atoms with Gasteiger partial charge in [-0.3, -0.25) is 9.10 Å². The average molecular weight is 478 g/mol. The predicted octanol–water partition coefficient (Wildman–Crippen LogP) is 2.96. The third-order valence-corrected chi connectivity index (χ3v) is 9.63. The zero-order chi connectivity index (χ0) is 22.9. The van der Waals surface area contributed by atoms with Gasteiger partial charge in [-0.25, -0.2) is 16.8 Å². The third kappa shape index (κ3) is 4.26. The summed E-state index contributed by atoms with van der Waals surface area (Å²) in [5, 5.41) is 2.69. The highest BCUT2D eigenvalue weighted by Crippen LogP contribution is 2.35. The summed E-state index contributed by atoms with van der Waals surface area (Å²) in [7, 11) is -7.39. The smallest absolute Gasteiger partial charge is 0.264 e. The molecule has 2 aromatic rings. The molecule has 32 heavy (non-hydrogen) atoms. The maximum atomic E-state index is 13.2. The first-order chi connectivity index (χ1) is 15.2. The van der Waals surface area contributed by atoms with Gasteiger partial charge in [-0.15, -0.1) is 0 Å². The molecular formula is C22H27N3O5S2. The van der Waals surface area contributed by atoms with Gasteiger partial charge in [0.25, 0.3) is 10.0 Å². The summed E-state index contributed by atoms with van der Waals surface area (Å²) in [6, 6.07) is 10.8. The van der Waals surface area contributed by atoms with Crippen molar-refractivity contribution in [1.29, 1.82) is 0 Å². The number of sulfonamides is 2. The molecule has 2 aromatic carbocycles. The lowest BCUT2D eigenvalue weighted by Gasteiger charge is -2.26. The fraction of sp³-hybridized carbons (Fsp3) is 0.409. The van der Waals surface area contributed by atoms with Crippen LogP contribution >= 0.6 is 0 Å². The lowest BCUT2D eigenvalue weighted by Crippen LogP contribution is -2.35. The van der Waals surface area contributed by atoms with Gasteiger partial charge in [0.2, 0.25) is 15.9 Å². The van der Waals surface area contributed by atoms with E-state index in [0.717, 1.165) is 19.3 Å². The van der Waals surface area contributed by atoms with Crippen LogP contribution in [0.3, 0.4) is 0 Å². The van der Waals surface area contributed by atoms with Crippen molar-refractivity contribution in [3.63, 3.8) is 0 Å². The van der Waals surface area contributed by atoms with E-state index in [1.165, 1.54) is 26.8 Å². The van der Waals surface area contributed by atoms with E-state index in [1.807, 2.05) is 0 Å². The molecule has 0 atom stereocenters. The van der Waals surface area contributed by atoms with Gasteiger partial charge in [-0.2, -0.15) is 4.31 Å². The standard InChI is InChI=1S/C22H27N3O5S2/c1-2-22(26)23-18-6-8-19(9-7-18)32(29,30)25-15-12-17-16-20(10-11-21(17)25)31(27,28)24-13-4-3-5-14-24/h6-11,16H,2-5,12-15H2,1H3,(H,23,26). The number of amides is 1. The SMILES string of the molecule is CCC(=O)Nc1ccc(S(=O)(=O)N2CCc3cc(S(=O)(=O)N4CCCCC4)ccc32)cc1. The Kier molecular flexibility index (Phi) is 6.28. The maximum absolute atomic E-state index is 13.2. The quantitative estimate of drug-likeness (QED) is 0.689. The number of benzene rings is 2. The van der Waals surface area contributed by atoms with Gasteiger partial charge >= 0.3 is 0 Å². The Bertz CT molecular complexity index is 1220. The largest absolute Gasteiger partial charge is 0.326 e. The van der Waals surface area contributed by atoms with E-state index in [4.69, 9.17) is 0 Å². The highest BCUT2D eigenvalue weighted by atomic mass is 32.2. The van der Waals surface area contributed by atoms with Gasteiger partial charge in [0.05, 0.1) is 15.5 Å². The number of hydrogen-bond donors (Lipinski definition) is 1. The van der Waals surface area contributed by atoms with Crippen LogP contribution in [-0.2, 0) is 31.3 Å². The molecular weight excluding hydrogens is 450 g/mol. The molecule has 0 aliphatic carbocycles. The molecule has 8 nitrogen and oxygen atoms in total. The first-order valence-electron chi connectivity index (χ1n) is 10.8. The van der Waals surface area contributed by atoms with E-state index < -0.39 is 20.0 Å². The van der Waals surface area contributed by atoms with E-state index in [1.54, 1.807) is 31.2 Å². The molecule has 0 spiro atoms. The van der Waals surface area contributed by atoms with Crippen LogP contribution in [0.4, 0.5) is 11.4 Å². The zero-order valence-electron chi connectivity index (χ0n) is 18.0. The van der Waals surface area contributed by atoms with Crippen LogP contribution in [0.25, 0.3) is 0 Å². The molecule has 2 heterocycles. The van der Waals surface area contributed by atoms with Crippen molar-refractivity contribution in [2.45, 2.75) is 48.8 Å². The van der Waals surface area contributed by atoms with E-state index in [9.17, 15) is 21.6 Å². The van der Waals surface area contributed by atoms with Crippen LogP contribution < -0.4 is 9.62 Å². The zero-order valence-corrected chi connectivity index (χ0v) is 19.6. The lowest BCUT2D eigenvalue weighted by molar-refractivity contribution is -0.115. The summed E-state index contributed by atoms with van der Waals surface area (Å²) >= 11 is 0. The van der Waals surface area contributed by atoms with Crippen molar-refractivity contribution in [3.8, 4) is 0 Å². The van der Waals surface area contributed by atoms with Crippen LogP contribution in [0, 0.1) is 0 Å². The Hall–Kier alpha value is -2.43. The lowest BCUT2D eigenvalue weighted by atomic mass is 10.2. The molecule has 4 rings (SSSR count). The second kappa shape index (κ2) is 8.84. The Morgan fingerprint density at radius 1 is 0.875 bits per heavy atom. The van der Waals surface area contributed by atoms with Gasteiger partial charge < -0.3 is 5.32 Å². The minimum absolute atomic E-state index is 0.116. The molecule has 2 aliphatic rings. The first-order valence-corrected chi connectivity index (χ1v) is 13.7. The number of hydrogen-bond acceptors (Lipinski definition) is 5. The summed E-state index contributed by atoms with van der Waals surface area (Å²) in [5.74, 6) is -0.149. The van der Waals surface area contributed by atoms with E-state index in [2.05, 4.69) is 5.32 Å². The van der Waals surface area contributed by atoms with Crippen LogP contribution in [-0.4, -0.2) is 46.7 Å². The number of fused-ring (bicyclic) bond motifs is 1. The van der Waals surface area contributed by atoms with Crippen LogP contribution in [0.1, 0.15) is 38.2 Å². The predicted molar refractivity (Wildman–Crippen MR) is 123 cm³/mol. The minimum Gasteiger partial charge on any atom is -0.326 e. The van der Waals surface area contributed by atoms with Gasteiger partial charge in [0.1, 0.15) is 0 Å². The summed E-state index contributed by atoms with van der Waals surface area (Å²) in [6.45, 7) is 3.03. The Morgan fingerprint density at radius 3 is 2.19 bits per heavy atom. The van der Waals surface area contributed by atoms with Crippen LogP contribution in [0.5, 0.6) is 0 Å². The maximum Gasteiger partial charge on any atom is 0.264 e. The summed E-state index contributed by atoms with van der Waals surface area (Å²) in [6.07, 6.45) is 3.53. The molecule has 2 aliphatic heterocycles. The highest BCUT2D eigenvalue weighted by molar-refractivity contribution is 7.92.